The Morgan fingerprint density at radius 1 is 1.36 bits per heavy atom. The fraction of sp³-hybridized carbons (Fsp3) is 0.611. The van der Waals surface area contributed by atoms with E-state index in [4.69, 9.17) is 4.42 Å². The molecule has 0 aromatic carbocycles. The average molecular weight is 362 g/mol. The van der Waals surface area contributed by atoms with Crippen molar-refractivity contribution in [3.05, 3.63) is 22.7 Å². The molecule has 1 saturated heterocycles. The number of carbonyl (C=O) groups is 1. The van der Waals surface area contributed by atoms with Gasteiger partial charge in [-0.3, -0.25) is 4.79 Å². The minimum absolute atomic E-state index is 0.0424. The van der Waals surface area contributed by atoms with Crippen LogP contribution in [0.1, 0.15) is 38.5 Å². The highest BCUT2D eigenvalue weighted by Gasteiger charge is 2.15. The fourth-order valence-electron chi connectivity index (χ4n) is 3.10. The number of thiophene rings is 1. The zero-order valence-corrected chi connectivity index (χ0v) is 15.6. The molecule has 3 heterocycles. The Morgan fingerprint density at radius 2 is 2.20 bits per heavy atom. The predicted octanol–water partition coefficient (Wildman–Crippen LogP) is 2.97. The Morgan fingerprint density at radius 3 is 2.96 bits per heavy atom. The molecule has 25 heavy (non-hydrogen) atoms. The first-order chi connectivity index (χ1) is 12.2. The first-order valence-corrected chi connectivity index (χ1v) is 9.99. The van der Waals surface area contributed by atoms with Gasteiger partial charge >= 0.3 is 0 Å². The summed E-state index contributed by atoms with van der Waals surface area (Å²) in [6.07, 6.45) is 4.81. The SMILES string of the molecule is CC(CNC(=O)CCc1nnc(-c2ccsc2)o1)CN1CCCCC1. The van der Waals surface area contributed by atoms with Crippen molar-refractivity contribution in [3.63, 3.8) is 0 Å². The molecule has 1 N–H and O–H groups in total. The van der Waals surface area contributed by atoms with Crippen LogP contribution < -0.4 is 5.32 Å². The number of hydrogen-bond donors (Lipinski definition) is 1. The molecule has 6 nitrogen and oxygen atoms in total. The molecule has 1 amide bonds. The first kappa shape index (κ1) is 18.1. The molecule has 0 spiro atoms. The Bertz CT molecular complexity index is 650. The molecule has 2 aromatic heterocycles. The number of nitrogens with one attached hydrogen (secondary N) is 1. The zero-order chi connectivity index (χ0) is 17.5. The molecule has 0 aliphatic carbocycles. The monoisotopic (exact) mass is 362 g/mol. The van der Waals surface area contributed by atoms with Crippen LogP contribution in [-0.2, 0) is 11.2 Å². The van der Waals surface area contributed by atoms with Crippen LogP contribution in [-0.4, -0.2) is 47.2 Å². The number of piperidine rings is 1. The largest absolute Gasteiger partial charge is 0.421 e. The third-order valence-electron chi connectivity index (χ3n) is 4.47. The summed E-state index contributed by atoms with van der Waals surface area (Å²) in [6, 6.07) is 1.94. The number of rotatable bonds is 8. The molecule has 136 valence electrons. The summed E-state index contributed by atoms with van der Waals surface area (Å²) in [6.45, 7) is 6.37. The van der Waals surface area contributed by atoms with E-state index in [1.54, 1.807) is 11.3 Å². The van der Waals surface area contributed by atoms with Gasteiger partial charge in [-0.15, -0.1) is 10.2 Å². The number of carbonyl (C=O) groups excluding carboxylic acids is 1. The van der Waals surface area contributed by atoms with E-state index in [9.17, 15) is 4.79 Å². The molecule has 0 saturated carbocycles. The summed E-state index contributed by atoms with van der Waals surface area (Å²) in [7, 11) is 0. The number of nitrogens with zero attached hydrogens (tertiary/aromatic N) is 3. The summed E-state index contributed by atoms with van der Waals surface area (Å²) >= 11 is 1.59. The van der Waals surface area contributed by atoms with E-state index in [0.717, 1.165) is 18.7 Å². The van der Waals surface area contributed by atoms with Crippen LogP contribution in [0.15, 0.2) is 21.2 Å². The topological polar surface area (TPSA) is 71.3 Å². The van der Waals surface area contributed by atoms with Gasteiger partial charge in [0.2, 0.25) is 17.7 Å². The van der Waals surface area contributed by atoms with E-state index in [2.05, 4.69) is 27.3 Å². The Labute approximate surface area is 152 Å². The minimum Gasteiger partial charge on any atom is -0.421 e. The molecule has 0 bridgehead atoms. The zero-order valence-electron chi connectivity index (χ0n) is 14.7. The summed E-state index contributed by atoms with van der Waals surface area (Å²) in [5, 5.41) is 15.0. The van der Waals surface area contributed by atoms with Crippen LogP contribution in [0.3, 0.4) is 0 Å². The lowest BCUT2D eigenvalue weighted by Crippen LogP contribution is -2.38. The summed E-state index contributed by atoms with van der Waals surface area (Å²) in [5.41, 5.74) is 0.930. The number of likely N-dealkylation sites (tertiary alicyclic amines) is 1. The molecular formula is C18H26N4O2S. The second-order valence-electron chi connectivity index (χ2n) is 6.78. The average Bonchev–Trinajstić information content (AvgIpc) is 3.30. The van der Waals surface area contributed by atoms with Gasteiger partial charge in [-0.05, 0) is 43.3 Å². The molecule has 0 radical (unpaired) electrons. The van der Waals surface area contributed by atoms with Crippen molar-refractivity contribution in [2.45, 2.75) is 39.0 Å². The summed E-state index contributed by atoms with van der Waals surface area (Å²) < 4.78 is 5.60. The lowest BCUT2D eigenvalue weighted by atomic mass is 10.1. The Balaban J connectivity index is 1.35. The summed E-state index contributed by atoms with van der Waals surface area (Å²) in [4.78, 5) is 14.5. The van der Waals surface area contributed by atoms with Crippen LogP contribution in [0.5, 0.6) is 0 Å². The Kier molecular flexibility index (Phi) is 6.58. The third kappa shape index (κ3) is 5.64. The number of aromatic nitrogens is 2. The molecule has 1 fully saturated rings. The van der Waals surface area contributed by atoms with E-state index >= 15 is 0 Å². The maximum absolute atomic E-state index is 12.0. The van der Waals surface area contributed by atoms with Crippen molar-refractivity contribution < 1.29 is 9.21 Å². The second kappa shape index (κ2) is 9.10. The van der Waals surface area contributed by atoms with Crippen LogP contribution in [0.2, 0.25) is 0 Å². The van der Waals surface area contributed by atoms with Crippen molar-refractivity contribution in [3.8, 4) is 11.5 Å². The van der Waals surface area contributed by atoms with Gasteiger partial charge < -0.3 is 14.6 Å². The van der Waals surface area contributed by atoms with Crippen LogP contribution in [0.4, 0.5) is 0 Å². The van der Waals surface area contributed by atoms with Gasteiger partial charge in [0.1, 0.15) is 0 Å². The standard InChI is InChI=1S/C18H26N4O2S/c1-14(12-22-8-3-2-4-9-22)11-19-16(23)5-6-17-20-21-18(24-17)15-7-10-25-13-15/h7,10,13-14H,2-6,8-9,11-12H2,1H3,(H,19,23). The minimum atomic E-state index is 0.0424. The quantitative estimate of drug-likeness (QED) is 0.782. The van der Waals surface area contributed by atoms with E-state index < -0.39 is 0 Å². The van der Waals surface area contributed by atoms with Gasteiger partial charge in [-0.2, -0.15) is 11.3 Å². The van der Waals surface area contributed by atoms with E-state index in [0.29, 0.717) is 30.5 Å². The van der Waals surface area contributed by atoms with Gasteiger partial charge in [-0.25, -0.2) is 0 Å². The van der Waals surface area contributed by atoms with E-state index in [-0.39, 0.29) is 5.91 Å². The number of hydrogen-bond acceptors (Lipinski definition) is 6. The Hall–Kier alpha value is -1.73. The molecule has 3 rings (SSSR count). The first-order valence-electron chi connectivity index (χ1n) is 9.04. The van der Waals surface area contributed by atoms with Crippen molar-refractivity contribution >= 4 is 17.2 Å². The molecule has 1 aliphatic rings. The lowest BCUT2D eigenvalue weighted by Gasteiger charge is -2.29. The predicted molar refractivity (Wildman–Crippen MR) is 98.4 cm³/mol. The molecular weight excluding hydrogens is 336 g/mol. The molecule has 7 heteroatoms. The lowest BCUT2D eigenvalue weighted by molar-refractivity contribution is -0.121. The number of amides is 1. The van der Waals surface area contributed by atoms with Crippen LogP contribution in [0, 0.1) is 5.92 Å². The fourth-order valence-corrected chi connectivity index (χ4v) is 3.73. The smallest absolute Gasteiger partial charge is 0.248 e. The van der Waals surface area contributed by atoms with Gasteiger partial charge in [0.15, 0.2) is 0 Å². The van der Waals surface area contributed by atoms with Crippen molar-refractivity contribution in [2.24, 2.45) is 5.92 Å². The van der Waals surface area contributed by atoms with Gasteiger partial charge in [-0.1, -0.05) is 13.3 Å². The maximum Gasteiger partial charge on any atom is 0.248 e. The highest BCUT2D eigenvalue weighted by molar-refractivity contribution is 7.08. The molecule has 1 atom stereocenters. The normalized spacial score (nSPS) is 16.7. The highest BCUT2D eigenvalue weighted by Crippen LogP contribution is 2.20. The van der Waals surface area contributed by atoms with Crippen LogP contribution >= 0.6 is 11.3 Å². The van der Waals surface area contributed by atoms with Crippen molar-refractivity contribution in [1.29, 1.82) is 0 Å². The van der Waals surface area contributed by atoms with E-state index in [1.165, 1.54) is 32.4 Å². The van der Waals surface area contributed by atoms with Gasteiger partial charge in [0, 0.05) is 36.9 Å². The van der Waals surface area contributed by atoms with E-state index in [1.807, 2.05) is 16.8 Å². The maximum atomic E-state index is 12.0. The van der Waals surface area contributed by atoms with Gasteiger partial charge in [0.25, 0.3) is 0 Å². The number of aryl methyl sites for hydroxylation is 1. The molecule has 1 aliphatic heterocycles. The molecule has 1 unspecified atom stereocenters. The third-order valence-corrected chi connectivity index (χ3v) is 5.15. The van der Waals surface area contributed by atoms with Crippen molar-refractivity contribution in [2.75, 3.05) is 26.2 Å². The second-order valence-corrected chi connectivity index (χ2v) is 7.56. The van der Waals surface area contributed by atoms with Gasteiger partial charge in [0.05, 0.1) is 0 Å². The molecule has 2 aromatic rings. The van der Waals surface area contributed by atoms with Crippen LogP contribution in [0.25, 0.3) is 11.5 Å². The van der Waals surface area contributed by atoms with Crippen molar-refractivity contribution in [1.82, 2.24) is 20.4 Å². The summed E-state index contributed by atoms with van der Waals surface area (Å²) in [5.74, 6) is 1.54. The highest BCUT2D eigenvalue weighted by atomic mass is 32.1.